The second kappa shape index (κ2) is 5.40. The van der Waals surface area contributed by atoms with Gasteiger partial charge in [-0.1, -0.05) is 12.1 Å². The number of aryl methyl sites for hydroxylation is 1. The summed E-state index contributed by atoms with van der Waals surface area (Å²) < 4.78 is 0. The van der Waals surface area contributed by atoms with Crippen molar-refractivity contribution in [1.82, 2.24) is 5.32 Å². The molecule has 17 heavy (non-hydrogen) atoms. The van der Waals surface area contributed by atoms with Crippen molar-refractivity contribution in [2.75, 3.05) is 6.61 Å². The summed E-state index contributed by atoms with van der Waals surface area (Å²) >= 11 is 0. The Morgan fingerprint density at radius 2 is 2.24 bits per heavy atom. The van der Waals surface area contributed by atoms with Crippen LogP contribution in [-0.2, 0) is 0 Å². The second-order valence-electron chi connectivity index (χ2n) is 3.78. The summed E-state index contributed by atoms with van der Waals surface area (Å²) in [6, 6.07) is 4.00. The quantitative estimate of drug-likeness (QED) is 0.605. The van der Waals surface area contributed by atoms with Gasteiger partial charge in [-0.2, -0.15) is 0 Å². The number of nitrogens with zero attached hydrogens (tertiary/aromatic N) is 1. The zero-order valence-corrected chi connectivity index (χ0v) is 9.64. The van der Waals surface area contributed by atoms with Crippen LogP contribution in [0.25, 0.3) is 0 Å². The van der Waals surface area contributed by atoms with Crippen molar-refractivity contribution in [3.8, 4) is 0 Å². The number of nitro groups is 1. The molecule has 0 saturated carbocycles. The predicted molar refractivity (Wildman–Crippen MR) is 61.8 cm³/mol. The zero-order valence-electron chi connectivity index (χ0n) is 9.64. The first-order chi connectivity index (χ1) is 7.97. The monoisotopic (exact) mass is 238 g/mol. The van der Waals surface area contributed by atoms with Gasteiger partial charge in [-0.25, -0.2) is 0 Å². The van der Waals surface area contributed by atoms with Crippen molar-refractivity contribution in [2.24, 2.45) is 0 Å². The van der Waals surface area contributed by atoms with Gasteiger partial charge in [0.05, 0.1) is 11.5 Å². The molecule has 92 valence electrons. The summed E-state index contributed by atoms with van der Waals surface area (Å²) in [7, 11) is 0. The summed E-state index contributed by atoms with van der Waals surface area (Å²) in [5, 5.41) is 22.1. The topological polar surface area (TPSA) is 92.5 Å². The Labute approximate surface area is 98.4 Å². The summed E-state index contributed by atoms with van der Waals surface area (Å²) in [6.45, 7) is 3.03. The first-order valence-electron chi connectivity index (χ1n) is 5.13. The molecule has 0 aliphatic rings. The van der Waals surface area contributed by atoms with E-state index in [2.05, 4.69) is 5.32 Å². The Balaban J connectivity index is 3.11. The van der Waals surface area contributed by atoms with Crippen molar-refractivity contribution in [3.63, 3.8) is 0 Å². The average molecular weight is 238 g/mol. The van der Waals surface area contributed by atoms with Crippen molar-refractivity contribution >= 4 is 11.6 Å². The van der Waals surface area contributed by atoms with Crippen molar-refractivity contribution in [3.05, 3.63) is 39.4 Å². The smallest absolute Gasteiger partial charge is 0.282 e. The maximum atomic E-state index is 11.8. The Kier molecular flexibility index (Phi) is 4.17. The van der Waals surface area contributed by atoms with Crippen LogP contribution in [0.3, 0.4) is 0 Å². The van der Waals surface area contributed by atoms with E-state index in [1.807, 2.05) is 0 Å². The largest absolute Gasteiger partial charge is 0.394 e. The van der Waals surface area contributed by atoms with Gasteiger partial charge < -0.3 is 10.4 Å². The Bertz CT molecular complexity index is 445. The third-order valence-electron chi connectivity index (χ3n) is 2.33. The molecular weight excluding hydrogens is 224 g/mol. The molecule has 6 heteroatoms. The maximum Gasteiger partial charge on any atom is 0.282 e. The fraction of sp³-hybridized carbons (Fsp3) is 0.364. The van der Waals surface area contributed by atoms with E-state index in [1.165, 1.54) is 12.1 Å². The van der Waals surface area contributed by atoms with E-state index in [1.54, 1.807) is 19.9 Å². The highest BCUT2D eigenvalue weighted by atomic mass is 16.6. The molecule has 1 amide bonds. The lowest BCUT2D eigenvalue weighted by molar-refractivity contribution is -0.385. The molecule has 0 radical (unpaired) electrons. The van der Waals surface area contributed by atoms with Gasteiger partial charge in [0.2, 0.25) is 0 Å². The number of carbonyl (C=O) groups is 1. The van der Waals surface area contributed by atoms with E-state index in [-0.39, 0.29) is 17.9 Å². The number of amides is 1. The Morgan fingerprint density at radius 3 is 2.76 bits per heavy atom. The van der Waals surface area contributed by atoms with Crippen LogP contribution >= 0.6 is 0 Å². The number of nitrogens with one attached hydrogen (secondary N) is 1. The number of rotatable bonds is 4. The van der Waals surface area contributed by atoms with Crippen LogP contribution in [0.1, 0.15) is 22.8 Å². The van der Waals surface area contributed by atoms with E-state index in [0.717, 1.165) is 0 Å². The SMILES string of the molecule is Cc1cccc([N+](=O)[O-])c1C(=O)NC(C)CO. The molecule has 0 fully saturated rings. The fourth-order valence-corrected chi connectivity index (χ4v) is 1.44. The molecule has 2 N–H and O–H groups in total. The van der Waals surface area contributed by atoms with Crippen LogP contribution < -0.4 is 5.32 Å². The number of aliphatic hydroxyl groups excluding tert-OH is 1. The van der Waals surface area contributed by atoms with Gasteiger partial charge in [-0.05, 0) is 19.4 Å². The normalized spacial score (nSPS) is 11.9. The molecule has 0 heterocycles. The summed E-state index contributed by atoms with van der Waals surface area (Å²) in [6.07, 6.45) is 0. The van der Waals surface area contributed by atoms with Crippen LogP contribution in [0.4, 0.5) is 5.69 Å². The number of hydrogen-bond donors (Lipinski definition) is 2. The van der Waals surface area contributed by atoms with Crippen LogP contribution in [0.2, 0.25) is 0 Å². The molecule has 1 unspecified atom stereocenters. The molecule has 0 bridgehead atoms. The molecule has 1 aromatic rings. The molecule has 0 spiro atoms. The van der Waals surface area contributed by atoms with E-state index in [0.29, 0.717) is 5.56 Å². The highest BCUT2D eigenvalue weighted by molar-refractivity contribution is 5.99. The average Bonchev–Trinajstić information content (AvgIpc) is 2.28. The Hall–Kier alpha value is -1.95. The molecule has 0 aliphatic carbocycles. The molecular formula is C11H14N2O4. The lowest BCUT2D eigenvalue weighted by Crippen LogP contribution is -2.35. The molecule has 0 saturated heterocycles. The van der Waals surface area contributed by atoms with Gasteiger partial charge in [0, 0.05) is 12.1 Å². The molecule has 6 nitrogen and oxygen atoms in total. The number of hydrogen-bond acceptors (Lipinski definition) is 4. The van der Waals surface area contributed by atoms with E-state index in [9.17, 15) is 14.9 Å². The van der Waals surface area contributed by atoms with Crippen LogP contribution in [0.15, 0.2) is 18.2 Å². The van der Waals surface area contributed by atoms with Gasteiger partial charge in [0.1, 0.15) is 5.56 Å². The highest BCUT2D eigenvalue weighted by Gasteiger charge is 2.22. The van der Waals surface area contributed by atoms with Crippen molar-refractivity contribution < 1.29 is 14.8 Å². The number of carbonyl (C=O) groups excluding carboxylic acids is 1. The van der Waals surface area contributed by atoms with Crippen molar-refractivity contribution in [2.45, 2.75) is 19.9 Å². The first kappa shape index (κ1) is 13.1. The van der Waals surface area contributed by atoms with Gasteiger partial charge in [0.15, 0.2) is 0 Å². The highest BCUT2D eigenvalue weighted by Crippen LogP contribution is 2.21. The minimum Gasteiger partial charge on any atom is -0.394 e. The van der Waals surface area contributed by atoms with Crippen LogP contribution in [0, 0.1) is 17.0 Å². The third-order valence-corrected chi connectivity index (χ3v) is 2.33. The number of nitro benzene ring substituents is 1. The lowest BCUT2D eigenvalue weighted by atomic mass is 10.1. The van der Waals surface area contributed by atoms with Crippen LogP contribution in [0.5, 0.6) is 0 Å². The summed E-state index contributed by atoms with van der Waals surface area (Å²) in [5.74, 6) is -0.545. The van der Waals surface area contributed by atoms with Crippen LogP contribution in [-0.4, -0.2) is 28.6 Å². The first-order valence-corrected chi connectivity index (χ1v) is 5.13. The lowest BCUT2D eigenvalue weighted by Gasteiger charge is -2.12. The summed E-state index contributed by atoms with van der Waals surface area (Å²) in [5.41, 5.74) is 0.340. The molecule has 1 rings (SSSR count). The van der Waals surface area contributed by atoms with E-state index >= 15 is 0 Å². The zero-order chi connectivity index (χ0) is 13.0. The minimum absolute atomic E-state index is 0.0396. The second-order valence-corrected chi connectivity index (χ2v) is 3.78. The minimum atomic E-state index is -0.592. The van der Waals surface area contributed by atoms with E-state index in [4.69, 9.17) is 5.11 Å². The maximum absolute atomic E-state index is 11.8. The predicted octanol–water partition coefficient (Wildman–Crippen LogP) is 1.01. The third kappa shape index (κ3) is 3.01. The standard InChI is InChI=1S/C11H14N2O4/c1-7-4-3-5-9(13(16)17)10(7)11(15)12-8(2)6-14/h3-5,8,14H,6H2,1-2H3,(H,12,15). The molecule has 1 aromatic carbocycles. The number of aliphatic hydroxyl groups is 1. The summed E-state index contributed by atoms with van der Waals surface area (Å²) in [4.78, 5) is 22.1. The molecule has 1 atom stereocenters. The Morgan fingerprint density at radius 1 is 1.59 bits per heavy atom. The van der Waals surface area contributed by atoms with E-state index < -0.39 is 16.9 Å². The fourth-order valence-electron chi connectivity index (χ4n) is 1.44. The van der Waals surface area contributed by atoms with Gasteiger partial charge >= 0.3 is 0 Å². The molecule has 0 aliphatic heterocycles. The van der Waals surface area contributed by atoms with Gasteiger partial charge in [0.25, 0.3) is 11.6 Å². The van der Waals surface area contributed by atoms with Gasteiger partial charge in [-0.15, -0.1) is 0 Å². The van der Waals surface area contributed by atoms with Gasteiger partial charge in [-0.3, -0.25) is 14.9 Å². The molecule has 0 aromatic heterocycles. The van der Waals surface area contributed by atoms with Crippen molar-refractivity contribution in [1.29, 1.82) is 0 Å². The number of benzene rings is 1.